The van der Waals surface area contributed by atoms with E-state index in [9.17, 15) is 0 Å². The van der Waals surface area contributed by atoms with E-state index in [0.29, 0.717) is 27.6 Å². The Labute approximate surface area is 126 Å². The number of methoxy groups -OCH3 is 1. The number of nitrogens with one attached hydrogen (secondary N) is 1. The fraction of sp³-hybridized carbons (Fsp3) is 0.231. The molecule has 0 aliphatic rings. The quantitative estimate of drug-likeness (QED) is 0.665. The van der Waals surface area contributed by atoms with Crippen LogP contribution < -0.4 is 15.8 Å². The predicted octanol–water partition coefficient (Wildman–Crippen LogP) is 3.49. The molecular formula is C13H15ClN4OS. The van der Waals surface area contributed by atoms with Gasteiger partial charge < -0.3 is 15.8 Å². The molecule has 2 aromatic rings. The highest BCUT2D eigenvalue weighted by atomic mass is 35.5. The lowest BCUT2D eigenvalue weighted by Gasteiger charge is -2.13. The molecule has 0 aliphatic carbocycles. The van der Waals surface area contributed by atoms with Gasteiger partial charge in [0.2, 0.25) is 0 Å². The topological polar surface area (TPSA) is 73.1 Å². The number of halogens is 1. The van der Waals surface area contributed by atoms with E-state index in [-0.39, 0.29) is 0 Å². The fourth-order valence-electron chi connectivity index (χ4n) is 1.67. The third-order valence-electron chi connectivity index (χ3n) is 2.65. The van der Waals surface area contributed by atoms with E-state index in [1.165, 1.54) is 11.8 Å². The molecule has 7 heteroatoms. The standard InChI is InChI=1S/C13H15ClN4OS/c1-7-4-9(10(19-2)5-8(7)14)16-12-6-11(15)17-13(18-12)20-3/h4-6H,1-3H3,(H3,15,16,17,18). The van der Waals surface area contributed by atoms with Crippen LogP contribution in [0, 0.1) is 6.92 Å². The maximum Gasteiger partial charge on any atom is 0.191 e. The first kappa shape index (κ1) is 14.7. The van der Waals surface area contributed by atoms with E-state index < -0.39 is 0 Å². The van der Waals surface area contributed by atoms with Gasteiger partial charge in [0.1, 0.15) is 17.4 Å². The Kier molecular flexibility index (Phi) is 4.57. The van der Waals surface area contributed by atoms with Crippen molar-refractivity contribution < 1.29 is 4.74 Å². The number of aryl methyl sites for hydroxylation is 1. The number of benzene rings is 1. The van der Waals surface area contributed by atoms with Crippen LogP contribution in [0.1, 0.15) is 5.56 Å². The van der Waals surface area contributed by atoms with Gasteiger partial charge >= 0.3 is 0 Å². The molecule has 2 rings (SSSR count). The molecule has 0 unspecified atom stereocenters. The summed E-state index contributed by atoms with van der Waals surface area (Å²) in [7, 11) is 1.59. The minimum absolute atomic E-state index is 0.413. The molecule has 0 spiro atoms. The van der Waals surface area contributed by atoms with Crippen LogP contribution in [0.3, 0.4) is 0 Å². The summed E-state index contributed by atoms with van der Waals surface area (Å²) in [6, 6.07) is 5.33. The number of nitrogen functional groups attached to an aromatic ring is 1. The second-order valence-corrected chi connectivity index (χ2v) is 5.27. The Morgan fingerprint density at radius 3 is 2.70 bits per heavy atom. The minimum atomic E-state index is 0.413. The van der Waals surface area contributed by atoms with Crippen molar-refractivity contribution >= 4 is 40.7 Å². The molecule has 0 saturated heterocycles. The van der Waals surface area contributed by atoms with Gasteiger partial charge in [-0.1, -0.05) is 23.4 Å². The summed E-state index contributed by atoms with van der Waals surface area (Å²) in [5.41, 5.74) is 7.48. The summed E-state index contributed by atoms with van der Waals surface area (Å²) in [6.07, 6.45) is 1.89. The van der Waals surface area contributed by atoms with Crippen molar-refractivity contribution in [3.63, 3.8) is 0 Å². The molecule has 0 radical (unpaired) electrons. The van der Waals surface area contributed by atoms with Gasteiger partial charge in [-0.25, -0.2) is 9.97 Å². The third kappa shape index (κ3) is 3.26. The number of nitrogens with zero attached hydrogens (tertiary/aromatic N) is 2. The van der Waals surface area contributed by atoms with E-state index in [2.05, 4.69) is 15.3 Å². The van der Waals surface area contributed by atoms with Crippen molar-refractivity contribution in [3.05, 3.63) is 28.8 Å². The van der Waals surface area contributed by atoms with E-state index in [4.69, 9.17) is 22.1 Å². The van der Waals surface area contributed by atoms with Crippen LogP contribution in [-0.4, -0.2) is 23.3 Å². The smallest absolute Gasteiger partial charge is 0.191 e. The highest BCUT2D eigenvalue weighted by Gasteiger charge is 2.09. The summed E-state index contributed by atoms with van der Waals surface area (Å²) in [5, 5.41) is 4.44. The first-order chi connectivity index (χ1) is 9.53. The summed E-state index contributed by atoms with van der Waals surface area (Å²) in [4.78, 5) is 8.45. The lowest BCUT2D eigenvalue weighted by atomic mass is 10.2. The zero-order valence-corrected chi connectivity index (χ0v) is 13.0. The van der Waals surface area contributed by atoms with Crippen LogP contribution in [0.5, 0.6) is 5.75 Å². The Morgan fingerprint density at radius 2 is 2.05 bits per heavy atom. The predicted molar refractivity (Wildman–Crippen MR) is 84.2 cm³/mol. The third-order valence-corrected chi connectivity index (χ3v) is 3.61. The summed E-state index contributed by atoms with van der Waals surface area (Å²) < 4.78 is 5.31. The van der Waals surface area contributed by atoms with Crippen molar-refractivity contribution in [1.29, 1.82) is 0 Å². The van der Waals surface area contributed by atoms with Crippen LogP contribution in [0.4, 0.5) is 17.3 Å². The molecule has 20 heavy (non-hydrogen) atoms. The highest BCUT2D eigenvalue weighted by molar-refractivity contribution is 7.98. The van der Waals surface area contributed by atoms with E-state index in [1.54, 1.807) is 19.2 Å². The zero-order chi connectivity index (χ0) is 14.7. The van der Waals surface area contributed by atoms with E-state index in [0.717, 1.165) is 11.3 Å². The van der Waals surface area contributed by atoms with Gasteiger partial charge in [0.05, 0.1) is 12.8 Å². The maximum atomic E-state index is 6.08. The van der Waals surface area contributed by atoms with Crippen LogP contribution in [-0.2, 0) is 0 Å². The van der Waals surface area contributed by atoms with Crippen LogP contribution >= 0.6 is 23.4 Å². The number of nitrogens with two attached hydrogens (primary N) is 1. The molecule has 0 atom stereocenters. The van der Waals surface area contributed by atoms with Gasteiger partial charge in [-0.2, -0.15) is 0 Å². The first-order valence-corrected chi connectivity index (χ1v) is 7.43. The van der Waals surface area contributed by atoms with Gasteiger partial charge in [0.25, 0.3) is 0 Å². The molecule has 0 saturated carbocycles. The molecule has 1 aromatic heterocycles. The van der Waals surface area contributed by atoms with Crippen molar-refractivity contribution in [3.8, 4) is 5.75 Å². The Bertz CT molecular complexity index is 636. The number of rotatable bonds is 4. The zero-order valence-electron chi connectivity index (χ0n) is 11.4. The SMILES string of the molecule is COc1cc(Cl)c(C)cc1Nc1cc(N)nc(SC)n1. The molecule has 0 amide bonds. The summed E-state index contributed by atoms with van der Waals surface area (Å²) in [5.74, 6) is 1.67. The van der Waals surface area contributed by atoms with Crippen LogP contribution in [0.15, 0.2) is 23.4 Å². The molecule has 0 bridgehead atoms. The number of anilines is 3. The molecule has 1 heterocycles. The molecule has 5 nitrogen and oxygen atoms in total. The Balaban J connectivity index is 2.39. The van der Waals surface area contributed by atoms with Crippen LogP contribution in [0.2, 0.25) is 5.02 Å². The molecule has 0 aliphatic heterocycles. The number of aromatic nitrogens is 2. The lowest BCUT2D eigenvalue weighted by molar-refractivity contribution is 0.416. The highest BCUT2D eigenvalue weighted by Crippen LogP contribution is 2.33. The molecular weight excluding hydrogens is 296 g/mol. The fourth-order valence-corrected chi connectivity index (χ4v) is 2.21. The van der Waals surface area contributed by atoms with Gasteiger partial charge in [0, 0.05) is 17.2 Å². The van der Waals surface area contributed by atoms with E-state index >= 15 is 0 Å². The number of hydrogen-bond donors (Lipinski definition) is 2. The minimum Gasteiger partial charge on any atom is -0.495 e. The molecule has 3 N–H and O–H groups in total. The van der Waals surface area contributed by atoms with Crippen molar-refractivity contribution in [2.24, 2.45) is 0 Å². The molecule has 1 aromatic carbocycles. The summed E-state index contributed by atoms with van der Waals surface area (Å²) >= 11 is 7.51. The number of hydrogen-bond acceptors (Lipinski definition) is 6. The van der Waals surface area contributed by atoms with Gasteiger partial charge in [-0.15, -0.1) is 0 Å². The summed E-state index contributed by atoms with van der Waals surface area (Å²) in [6.45, 7) is 1.93. The number of ether oxygens (including phenoxy) is 1. The van der Waals surface area contributed by atoms with Gasteiger partial charge in [0.15, 0.2) is 5.16 Å². The Morgan fingerprint density at radius 1 is 1.30 bits per heavy atom. The average Bonchev–Trinajstić information content (AvgIpc) is 2.42. The van der Waals surface area contributed by atoms with E-state index in [1.807, 2.05) is 19.2 Å². The molecule has 106 valence electrons. The monoisotopic (exact) mass is 310 g/mol. The molecule has 0 fully saturated rings. The second-order valence-electron chi connectivity index (χ2n) is 4.09. The maximum absolute atomic E-state index is 6.08. The lowest BCUT2D eigenvalue weighted by Crippen LogP contribution is -2.01. The Hall–Kier alpha value is -1.66. The van der Waals surface area contributed by atoms with Crippen molar-refractivity contribution in [1.82, 2.24) is 9.97 Å². The second kappa shape index (κ2) is 6.19. The normalized spacial score (nSPS) is 10.4. The van der Waals surface area contributed by atoms with Gasteiger partial charge in [-0.05, 0) is 24.8 Å². The average molecular weight is 311 g/mol. The van der Waals surface area contributed by atoms with Gasteiger partial charge in [-0.3, -0.25) is 0 Å². The first-order valence-electron chi connectivity index (χ1n) is 5.83. The van der Waals surface area contributed by atoms with Crippen molar-refractivity contribution in [2.75, 3.05) is 24.4 Å². The van der Waals surface area contributed by atoms with Crippen molar-refractivity contribution in [2.45, 2.75) is 12.1 Å². The largest absolute Gasteiger partial charge is 0.495 e. The van der Waals surface area contributed by atoms with Crippen LogP contribution in [0.25, 0.3) is 0 Å². The number of thioether (sulfide) groups is 1.